The van der Waals surface area contributed by atoms with Crippen LogP contribution in [0.3, 0.4) is 0 Å². The van der Waals surface area contributed by atoms with Gasteiger partial charge in [0.1, 0.15) is 6.33 Å². The Balaban J connectivity index is 1.96. The molecule has 0 amide bonds. The van der Waals surface area contributed by atoms with Gasteiger partial charge >= 0.3 is 0 Å². The molecule has 9 heteroatoms. The lowest BCUT2D eigenvalue weighted by Crippen LogP contribution is -2.02. The van der Waals surface area contributed by atoms with Crippen LogP contribution in [-0.2, 0) is 0 Å². The van der Waals surface area contributed by atoms with Crippen LogP contribution in [0.1, 0.15) is 6.92 Å². The van der Waals surface area contributed by atoms with Gasteiger partial charge < -0.3 is 19.5 Å². The predicted molar refractivity (Wildman–Crippen MR) is 106 cm³/mol. The summed E-state index contributed by atoms with van der Waals surface area (Å²) < 4.78 is 16.1. The SMILES string of the molecule is CC=Nc1ncccc1-c1ncnc(Nc2cc(OC)c(OC)c(OC)c2)n1. The van der Waals surface area contributed by atoms with Crippen molar-refractivity contribution in [3.63, 3.8) is 0 Å². The Morgan fingerprint density at radius 1 is 1.00 bits per heavy atom. The van der Waals surface area contributed by atoms with Crippen molar-refractivity contribution in [2.75, 3.05) is 26.6 Å². The van der Waals surface area contributed by atoms with Gasteiger partial charge in [-0.15, -0.1) is 0 Å². The molecule has 2 aromatic heterocycles. The molecule has 1 aromatic carbocycles. The smallest absolute Gasteiger partial charge is 0.230 e. The van der Waals surface area contributed by atoms with Gasteiger partial charge in [0.05, 0.1) is 26.9 Å². The molecule has 144 valence electrons. The molecule has 0 aliphatic carbocycles. The first-order chi connectivity index (χ1) is 13.7. The van der Waals surface area contributed by atoms with Crippen LogP contribution in [-0.4, -0.2) is 47.5 Å². The lowest BCUT2D eigenvalue weighted by atomic mass is 10.2. The van der Waals surface area contributed by atoms with E-state index >= 15 is 0 Å². The van der Waals surface area contributed by atoms with Crippen molar-refractivity contribution in [1.82, 2.24) is 19.9 Å². The minimum absolute atomic E-state index is 0.356. The Labute approximate surface area is 162 Å². The number of nitrogens with zero attached hydrogens (tertiary/aromatic N) is 5. The standard InChI is InChI=1S/C19H20N6O3/c1-5-20-17-13(7-6-8-21-17)18-22-11-23-19(25-18)24-12-9-14(26-2)16(28-4)15(10-12)27-3/h5-11H,1-4H3,(H,22,23,24,25). The van der Waals surface area contributed by atoms with Crippen molar-refractivity contribution < 1.29 is 14.2 Å². The van der Waals surface area contributed by atoms with Crippen LogP contribution in [0.4, 0.5) is 17.5 Å². The van der Waals surface area contributed by atoms with E-state index in [9.17, 15) is 0 Å². The molecule has 9 nitrogen and oxygen atoms in total. The summed E-state index contributed by atoms with van der Waals surface area (Å²) in [6.45, 7) is 1.82. The van der Waals surface area contributed by atoms with Crippen LogP contribution in [0.15, 0.2) is 41.8 Å². The summed E-state index contributed by atoms with van der Waals surface area (Å²) >= 11 is 0. The van der Waals surface area contributed by atoms with E-state index < -0.39 is 0 Å². The van der Waals surface area contributed by atoms with E-state index in [1.54, 1.807) is 51.9 Å². The number of ether oxygens (including phenoxy) is 3. The zero-order valence-electron chi connectivity index (χ0n) is 16.0. The number of aromatic nitrogens is 4. The van der Waals surface area contributed by atoms with Crippen molar-refractivity contribution in [3.8, 4) is 28.6 Å². The first kappa shape index (κ1) is 19.0. The molecule has 0 atom stereocenters. The summed E-state index contributed by atoms with van der Waals surface area (Å²) in [6.07, 6.45) is 4.76. The van der Waals surface area contributed by atoms with Crippen LogP contribution in [0, 0.1) is 0 Å². The second-order valence-corrected chi connectivity index (χ2v) is 5.43. The lowest BCUT2D eigenvalue weighted by Gasteiger charge is -2.14. The largest absolute Gasteiger partial charge is 0.493 e. The minimum atomic E-state index is 0.356. The number of nitrogens with one attached hydrogen (secondary N) is 1. The molecule has 0 fully saturated rings. The van der Waals surface area contributed by atoms with E-state index in [0.29, 0.717) is 46.1 Å². The molecule has 0 unspecified atom stereocenters. The molecule has 3 rings (SSSR count). The highest BCUT2D eigenvalue weighted by atomic mass is 16.5. The molecule has 0 radical (unpaired) electrons. The summed E-state index contributed by atoms with van der Waals surface area (Å²) in [7, 11) is 4.66. The van der Waals surface area contributed by atoms with Gasteiger partial charge in [0.25, 0.3) is 0 Å². The van der Waals surface area contributed by atoms with Crippen molar-refractivity contribution in [2.24, 2.45) is 4.99 Å². The van der Waals surface area contributed by atoms with Gasteiger partial charge in [-0.3, -0.25) is 0 Å². The van der Waals surface area contributed by atoms with Crippen molar-refractivity contribution in [3.05, 3.63) is 36.8 Å². The van der Waals surface area contributed by atoms with E-state index in [-0.39, 0.29) is 0 Å². The maximum absolute atomic E-state index is 5.37. The molecule has 0 saturated carbocycles. The van der Waals surface area contributed by atoms with Crippen LogP contribution in [0.5, 0.6) is 17.2 Å². The van der Waals surface area contributed by atoms with Gasteiger partial charge in [-0.05, 0) is 19.1 Å². The fourth-order valence-electron chi connectivity index (χ4n) is 2.57. The number of hydrogen-bond donors (Lipinski definition) is 1. The van der Waals surface area contributed by atoms with Gasteiger partial charge in [0, 0.05) is 30.2 Å². The molecular formula is C19H20N6O3. The van der Waals surface area contributed by atoms with Gasteiger partial charge in [-0.25, -0.2) is 19.9 Å². The first-order valence-electron chi connectivity index (χ1n) is 8.40. The maximum atomic E-state index is 5.37. The quantitative estimate of drug-likeness (QED) is 0.622. The normalized spacial score (nSPS) is 10.7. The first-order valence-corrected chi connectivity index (χ1v) is 8.40. The molecule has 3 aromatic rings. The van der Waals surface area contributed by atoms with Crippen LogP contribution >= 0.6 is 0 Å². The molecule has 1 N–H and O–H groups in total. The number of aliphatic imine (C=N–C) groups is 1. The van der Waals surface area contributed by atoms with E-state index in [2.05, 4.69) is 30.2 Å². The molecule has 28 heavy (non-hydrogen) atoms. The molecule has 2 heterocycles. The topological polar surface area (TPSA) is 104 Å². The van der Waals surface area contributed by atoms with Gasteiger partial charge in [-0.1, -0.05) is 0 Å². The number of rotatable bonds is 7. The van der Waals surface area contributed by atoms with Crippen LogP contribution in [0.25, 0.3) is 11.4 Å². The second kappa shape index (κ2) is 8.76. The highest BCUT2D eigenvalue weighted by Crippen LogP contribution is 2.40. The van der Waals surface area contributed by atoms with Gasteiger partial charge in [-0.2, -0.15) is 4.98 Å². The molecule has 0 bridgehead atoms. The van der Waals surface area contributed by atoms with E-state index in [1.807, 2.05) is 13.0 Å². The molecular weight excluding hydrogens is 360 g/mol. The van der Waals surface area contributed by atoms with Gasteiger partial charge in [0.2, 0.25) is 11.7 Å². The fourth-order valence-corrected chi connectivity index (χ4v) is 2.57. The summed E-state index contributed by atoms with van der Waals surface area (Å²) in [5.41, 5.74) is 1.38. The summed E-state index contributed by atoms with van der Waals surface area (Å²) in [5, 5.41) is 3.13. The average molecular weight is 380 g/mol. The Bertz CT molecular complexity index is 968. The maximum Gasteiger partial charge on any atom is 0.230 e. The van der Waals surface area contributed by atoms with Crippen LogP contribution in [0.2, 0.25) is 0 Å². The minimum Gasteiger partial charge on any atom is -0.493 e. The number of methoxy groups -OCH3 is 3. The number of benzene rings is 1. The average Bonchev–Trinajstić information content (AvgIpc) is 2.73. The predicted octanol–water partition coefficient (Wildman–Crippen LogP) is 3.43. The van der Waals surface area contributed by atoms with Crippen LogP contribution < -0.4 is 19.5 Å². The summed E-state index contributed by atoms with van der Waals surface area (Å²) in [6, 6.07) is 7.19. The monoisotopic (exact) mass is 380 g/mol. The third-order valence-corrected chi connectivity index (χ3v) is 3.77. The van der Waals surface area contributed by atoms with Crippen molar-refractivity contribution in [2.45, 2.75) is 6.92 Å². The number of hydrogen-bond acceptors (Lipinski definition) is 9. The second-order valence-electron chi connectivity index (χ2n) is 5.43. The Hall–Kier alpha value is -3.75. The Kier molecular flexibility index (Phi) is 5.95. The molecule has 0 spiro atoms. The van der Waals surface area contributed by atoms with Gasteiger partial charge in [0.15, 0.2) is 23.1 Å². The van der Waals surface area contributed by atoms with Crippen molar-refractivity contribution >= 4 is 23.7 Å². The zero-order valence-corrected chi connectivity index (χ0v) is 16.0. The highest BCUT2D eigenvalue weighted by Gasteiger charge is 2.15. The summed E-state index contributed by atoms with van der Waals surface area (Å²) in [4.78, 5) is 21.4. The zero-order chi connectivity index (χ0) is 19.9. The lowest BCUT2D eigenvalue weighted by molar-refractivity contribution is 0.324. The highest BCUT2D eigenvalue weighted by molar-refractivity contribution is 5.72. The molecule has 0 aliphatic heterocycles. The molecule has 0 saturated heterocycles. The van der Waals surface area contributed by atoms with Crippen molar-refractivity contribution in [1.29, 1.82) is 0 Å². The third-order valence-electron chi connectivity index (χ3n) is 3.77. The van der Waals surface area contributed by atoms with E-state index in [0.717, 1.165) is 0 Å². The summed E-state index contributed by atoms with van der Waals surface area (Å²) in [5.74, 6) is 2.89. The van der Waals surface area contributed by atoms with E-state index in [1.165, 1.54) is 6.33 Å². The Morgan fingerprint density at radius 2 is 1.75 bits per heavy atom. The molecule has 0 aliphatic rings. The van der Waals surface area contributed by atoms with E-state index in [4.69, 9.17) is 14.2 Å². The number of pyridine rings is 1. The third kappa shape index (κ3) is 3.98. The Morgan fingerprint density at radius 3 is 2.39 bits per heavy atom. The fraction of sp³-hybridized carbons (Fsp3) is 0.211. The number of anilines is 2.